The van der Waals surface area contributed by atoms with Gasteiger partial charge in [-0.05, 0) is 59.3 Å². The highest BCUT2D eigenvalue weighted by Crippen LogP contribution is 2.39. The lowest BCUT2D eigenvalue weighted by Crippen LogP contribution is -2.50. The molecular formula is C19H28INO2Si. The third-order valence-electron chi connectivity index (χ3n) is 5.24. The molecule has 2 atom stereocenters. The molecule has 0 N–H and O–H groups in total. The van der Waals surface area contributed by atoms with E-state index in [-0.39, 0.29) is 23.1 Å². The predicted molar refractivity (Wildman–Crippen MR) is 111 cm³/mol. The lowest BCUT2D eigenvalue weighted by molar-refractivity contribution is 0.0607. The molecule has 1 aliphatic carbocycles. The fourth-order valence-corrected chi connectivity index (χ4v) is 4.49. The zero-order valence-corrected chi connectivity index (χ0v) is 18.6. The Morgan fingerprint density at radius 2 is 1.92 bits per heavy atom. The lowest BCUT2D eigenvalue weighted by atomic mass is 10.1. The Labute approximate surface area is 160 Å². The van der Waals surface area contributed by atoms with Crippen molar-refractivity contribution in [3.05, 3.63) is 45.6 Å². The normalized spacial score (nSPS) is 21.1. The predicted octanol–water partition coefficient (Wildman–Crippen LogP) is 5.08. The van der Waals surface area contributed by atoms with Gasteiger partial charge in [0.25, 0.3) is 5.91 Å². The smallest absolute Gasteiger partial charge is 0.255 e. The van der Waals surface area contributed by atoms with Crippen molar-refractivity contribution in [3.63, 3.8) is 0 Å². The van der Waals surface area contributed by atoms with E-state index in [0.717, 1.165) is 15.6 Å². The van der Waals surface area contributed by atoms with Crippen LogP contribution in [0.15, 0.2) is 36.4 Å². The highest BCUT2D eigenvalue weighted by atomic mass is 127. The van der Waals surface area contributed by atoms with E-state index in [1.165, 1.54) is 0 Å². The fraction of sp³-hybridized carbons (Fsp3) is 0.526. The van der Waals surface area contributed by atoms with Crippen LogP contribution in [0.5, 0.6) is 0 Å². The highest BCUT2D eigenvalue weighted by molar-refractivity contribution is 14.1. The first-order chi connectivity index (χ1) is 11.0. The zero-order valence-electron chi connectivity index (χ0n) is 15.5. The van der Waals surface area contributed by atoms with Gasteiger partial charge in [0.15, 0.2) is 8.32 Å². The quantitative estimate of drug-likeness (QED) is 0.359. The molecule has 1 amide bonds. The Morgan fingerprint density at radius 3 is 2.50 bits per heavy atom. The minimum atomic E-state index is -1.87. The highest BCUT2D eigenvalue weighted by Gasteiger charge is 2.42. The number of amides is 1. The van der Waals surface area contributed by atoms with Gasteiger partial charge in [-0.3, -0.25) is 4.79 Å². The van der Waals surface area contributed by atoms with Crippen LogP contribution >= 0.6 is 22.6 Å². The molecule has 0 saturated heterocycles. The Bertz CT molecular complexity index is 636. The Balaban J connectivity index is 2.16. The van der Waals surface area contributed by atoms with Crippen molar-refractivity contribution in [2.45, 2.75) is 57.5 Å². The summed E-state index contributed by atoms with van der Waals surface area (Å²) in [5, 5.41) is 0.158. The molecule has 2 rings (SSSR count). The summed E-state index contributed by atoms with van der Waals surface area (Å²) in [5.74, 6) is 0.0672. The molecule has 5 heteroatoms. The number of hydrogen-bond donors (Lipinski definition) is 0. The number of hydrogen-bond acceptors (Lipinski definition) is 2. The van der Waals surface area contributed by atoms with Crippen molar-refractivity contribution < 1.29 is 9.22 Å². The van der Waals surface area contributed by atoms with E-state index in [2.05, 4.69) is 68.6 Å². The third-order valence-corrected chi connectivity index (χ3v) is 10.7. The van der Waals surface area contributed by atoms with Crippen LogP contribution in [0.1, 0.15) is 37.6 Å². The first kappa shape index (κ1) is 19.7. The lowest BCUT2D eigenvalue weighted by Gasteiger charge is -2.41. The van der Waals surface area contributed by atoms with E-state index in [1.807, 2.05) is 36.2 Å². The summed E-state index contributed by atoms with van der Waals surface area (Å²) in [5.41, 5.74) is 0.763. The van der Waals surface area contributed by atoms with E-state index >= 15 is 0 Å². The second kappa shape index (κ2) is 7.29. The average molecular weight is 457 g/mol. The minimum absolute atomic E-state index is 0.0128. The maximum atomic E-state index is 12.9. The molecule has 0 bridgehead atoms. The first-order valence-corrected chi connectivity index (χ1v) is 12.4. The largest absolute Gasteiger partial charge is 0.408 e. The number of benzene rings is 1. The Kier molecular flexibility index (Phi) is 5.98. The van der Waals surface area contributed by atoms with Gasteiger partial charge in [-0.25, -0.2) is 0 Å². The van der Waals surface area contributed by atoms with Crippen LogP contribution in [0.25, 0.3) is 0 Å². The molecule has 0 aromatic heterocycles. The van der Waals surface area contributed by atoms with Crippen LogP contribution in [-0.4, -0.2) is 38.3 Å². The van der Waals surface area contributed by atoms with E-state index in [4.69, 9.17) is 4.43 Å². The number of halogens is 1. The summed E-state index contributed by atoms with van der Waals surface area (Å²) in [7, 11) is 0.0207. The van der Waals surface area contributed by atoms with Gasteiger partial charge in [0.2, 0.25) is 0 Å². The van der Waals surface area contributed by atoms with Gasteiger partial charge in [-0.15, -0.1) is 0 Å². The SMILES string of the molecule is CN(C(=O)c1ccccc1I)C1CC=CC1O[Si](C)(C)C(C)(C)C. The minimum Gasteiger partial charge on any atom is -0.408 e. The Morgan fingerprint density at radius 1 is 1.29 bits per heavy atom. The maximum absolute atomic E-state index is 12.9. The van der Waals surface area contributed by atoms with Crippen molar-refractivity contribution in [3.8, 4) is 0 Å². The monoisotopic (exact) mass is 457 g/mol. The molecular weight excluding hydrogens is 429 g/mol. The van der Waals surface area contributed by atoms with Crippen molar-refractivity contribution in [1.29, 1.82) is 0 Å². The van der Waals surface area contributed by atoms with Crippen LogP contribution in [0.3, 0.4) is 0 Å². The molecule has 1 aliphatic rings. The summed E-state index contributed by atoms with van der Waals surface area (Å²) < 4.78 is 7.56. The molecule has 3 nitrogen and oxygen atoms in total. The number of carbonyl (C=O) groups is 1. The van der Waals surface area contributed by atoms with Crippen molar-refractivity contribution >= 4 is 36.8 Å². The summed E-state index contributed by atoms with van der Waals surface area (Å²) in [6.45, 7) is 11.3. The Hall–Kier alpha value is -0.663. The summed E-state index contributed by atoms with van der Waals surface area (Å²) in [6, 6.07) is 7.81. The molecule has 1 aromatic carbocycles. The molecule has 2 unspecified atom stereocenters. The van der Waals surface area contributed by atoms with E-state index in [9.17, 15) is 4.79 Å². The number of carbonyl (C=O) groups excluding carboxylic acids is 1. The molecule has 0 spiro atoms. The molecule has 0 fully saturated rings. The molecule has 0 heterocycles. The van der Waals surface area contributed by atoms with E-state index < -0.39 is 8.32 Å². The summed E-state index contributed by atoms with van der Waals surface area (Å²) >= 11 is 2.22. The van der Waals surface area contributed by atoms with Crippen LogP contribution in [-0.2, 0) is 4.43 Å². The molecule has 0 saturated carbocycles. The van der Waals surface area contributed by atoms with Crippen LogP contribution in [0.4, 0.5) is 0 Å². The van der Waals surface area contributed by atoms with Gasteiger partial charge >= 0.3 is 0 Å². The summed E-state index contributed by atoms with van der Waals surface area (Å²) in [6.07, 6.45) is 5.11. The van der Waals surface area contributed by atoms with Crippen LogP contribution < -0.4 is 0 Å². The molecule has 0 aliphatic heterocycles. The van der Waals surface area contributed by atoms with Gasteiger partial charge in [-0.2, -0.15) is 0 Å². The number of rotatable bonds is 4. The molecule has 1 aromatic rings. The van der Waals surface area contributed by atoms with E-state index in [1.54, 1.807) is 0 Å². The second-order valence-electron chi connectivity index (χ2n) is 7.97. The fourth-order valence-electron chi connectivity index (χ4n) is 2.60. The third kappa shape index (κ3) is 4.11. The van der Waals surface area contributed by atoms with Gasteiger partial charge in [0, 0.05) is 10.6 Å². The summed E-state index contributed by atoms with van der Waals surface area (Å²) in [4.78, 5) is 14.8. The topological polar surface area (TPSA) is 29.5 Å². The van der Waals surface area contributed by atoms with Gasteiger partial charge in [0.05, 0.1) is 17.7 Å². The van der Waals surface area contributed by atoms with Crippen molar-refractivity contribution in [2.75, 3.05) is 7.05 Å². The average Bonchev–Trinajstić information content (AvgIpc) is 2.92. The standard InChI is InChI=1S/C19H28INO2Si/c1-19(2,3)24(5,6)23-17-13-9-12-16(17)21(4)18(22)14-10-7-8-11-15(14)20/h7-11,13,16-17H,12H2,1-6H3. The number of likely N-dealkylation sites (N-methyl/N-ethyl adjacent to an activating group) is 1. The van der Waals surface area contributed by atoms with Crippen LogP contribution in [0.2, 0.25) is 18.1 Å². The van der Waals surface area contributed by atoms with E-state index in [0.29, 0.717) is 0 Å². The van der Waals surface area contributed by atoms with Gasteiger partial charge < -0.3 is 9.33 Å². The molecule has 24 heavy (non-hydrogen) atoms. The maximum Gasteiger partial charge on any atom is 0.255 e. The molecule has 0 radical (unpaired) electrons. The van der Waals surface area contributed by atoms with Crippen molar-refractivity contribution in [2.24, 2.45) is 0 Å². The second-order valence-corrected chi connectivity index (χ2v) is 13.9. The van der Waals surface area contributed by atoms with Gasteiger partial charge in [0.1, 0.15) is 0 Å². The number of nitrogens with zero attached hydrogens (tertiary/aromatic N) is 1. The van der Waals surface area contributed by atoms with Gasteiger partial charge in [-0.1, -0.05) is 45.1 Å². The first-order valence-electron chi connectivity index (χ1n) is 8.41. The van der Waals surface area contributed by atoms with Crippen LogP contribution in [0, 0.1) is 3.57 Å². The van der Waals surface area contributed by atoms with Crippen molar-refractivity contribution in [1.82, 2.24) is 4.90 Å². The zero-order chi connectivity index (χ0) is 18.1. The molecule has 132 valence electrons.